The van der Waals surface area contributed by atoms with Gasteiger partial charge in [-0.15, -0.1) is 0 Å². The van der Waals surface area contributed by atoms with Crippen molar-refractivity contribution in [3.8, 4) is 0 Å². The molecule has 4 rings (SSSR count). The molecule has 6 nitrogen and oxygen atoms in total. The van der Waals surface area contributed by atoms with Crippen molar-refractivity contribution in [1.29, 1.82) is 0 Å². The van der Waals surface area contributed by atoms with Crippen molar-refractivity contribution in [2.45, 2.75) is 33.4 Å². The Hall–Kier alpha value is -2.77. The first-order valence-electron chi connectivity index (χ1n) is 10.3. The molecule has 1 N–H and O–H groups in total. The Labute approximate surface area is 175 Å². The zero-order valence-corrected chi connectivity index (χ0v) is 17.6. The largest absolute Gasteiger partial charge is 0.341 e. The van der Waals surface area contributed by atoms with Gasteiger partial charge in [-0.2, -0.15) is 0 Å². The number of fused-ring (bicyclic) bond motifs is 3. The summed E-state index contributed by atoms with van der Waals surface area (Å²) in [5.74, 6) is -0.163. The molecule has 1 amide bonds. The summed E-state index contributed by atoms with van der Waals surface area (Å²) in [6.45, 7) is 6.94. The summed E-state index contributed by atoms with van der Waals surface area (Å²) in [6.07, 6.45) is 4.38. The molecule has 0 radical (unpaired) electrons. The molecule has 0 aliphatic carbocycles. The smallest absolute Gasteiger partial charge is 0.296 e. The number of nitrogens with zero attached hydrogens (tertiary/aromatic N) is 4. The highest BCUT2D eigenvalue weighted by atomic mass is 19.1. The van der Waals surface area contributed by atoms with E-state index in [2.05, 4.69) is 41.5 Å². The molecular weight excluding hydrogens is 383 g/mol. The third kappa shape index (κ3) is 3.95. The fourth-order valence-electron chi connectivity index (χ4n) is 4.32. The highest BCUT2D eigenvalue weighted by Crippen LogP contribution is 2.31. The van der Waals surface area contributed by atoms with E-state index in [1.54, 1.807) is 18.3 Å². The highest BCUT2D eigenvalue weighted by molar-refractivity contribution is 6.00. The van der Waals surface area contributed by atoms with Crippen molar-refractivity contribution in [3.63, 3.8) is 0 Å². The summed E-state index contributed by atoms with van der Waals surface area (Å²) >= 11 is 0. The van der Waals surface area contributed by atoms with Crippen LogP contribution in [0.2, 0.25) is 0 Å². The summed E-state index contributed by atoms with van der Waals surface area (Å²) < 4.78 is 15.4. The lowest BCUT2D eigenvalue weighted by atomic mass is 9.99. The molecule has 30 heavy (non-hydrogen) atoms. The molecule has 0 spiro atoms. The Bertz CT molecular complexity index is 1070. The fraction of sp³-hybridized carbons (Fsp3) is 0.391. The summed E-state index contributed by atoms with van der Waals surface area (Å²) in [7, 11) is 2.09. The van der Waals surface area contributed by atoms with Gasteiger partial charge in [0, 0.05) is 31.2 Å². The van der Waals surface area contributed by atoms with Crippen LogP contribution in [0, 0.1) is 11.7 Å². The monoisotopic (exact) mass is 410 g/mol. The Kier molecular flexibility index (Phi) is 5.58. The molecule has 0 saturated heterocycles. The van der Waals surface area contributed by atoms with Gasteiger partial charge < -0.3 is 9.47 Å². The number of benzene rings is 1. The van der Waals surface area contributed by atoms with Gasteiger partial charge >= 0.3 is 0 Å². The average molecular weight is 410 g/mol. The van der Waals surface area contributed by atoms with Crippen LogP contribution in [0.1, 0.15) is 41.0 Å². The molecule has 2 aromatic heterocycles. The number of hydrogen-bond acceptors (Lipinski definition) is 4. The summed E-state index contributed by atoms with van der Waals surface area (Å²) in [6, 6.07) is 6.50. The minimum Gasteiger partial charge on any atom is -0.341 e. The van der Waals surface area contributed by atoms with E-state index in [0.29, 0.717) is 24.6 Å². The van der Waals surface area contributed by atoms with E-state index in [1.807, 2.05) is 0 Å². The predicted molar refractivity (Wildman–Crippen MR) is 113 cm³/mol. The number of pyridine rings is 1. The first kappa shape index (κ1) is 20.5. The maximum absolute atomic E-state index is 13.3. The number of aromatic nitrogens is 2. The van der Waals surface area contributed by atoms with Gasteiger partial charge in [-0.3, -0.25) is 10.0 Å². The molecule has 0 unspecified atom stereocenters. The van der Waals surface area contributed by atoms with Gasteiger partial charge in [-0.05, 0) is 48.2 Å². The van der Waals surface area contributed by atoms with E-state index in [9.17, 15) is 14.4 Å². The van der Waals surface area contributed by atoms with Gasteiger partial charge in [0.25, 0.3) is 5.91 Å². The van der Waals surface area contributed by atoms with Crippen molar-refractivity contribution < 1.29 is 14.4 Å². The van der Waals surface area contributed by atoms with Crippen molar-refractivity contribution in [1.82, 2.24) is 19.5 Å². The first-order chi connectivity index (χ1) is 14.3. The maximum Gasteiger partial charge on any atom is 0.296 e. The highest BCUT2D eigenvalue weighted by Gasteiger charge is 2.28. The lowest BCUT2D eigenvalue weighted by Gasteiger charge is -2.23. The van der Waals surface area contributed by atoms with Crippen LogP contribution >= 0.6 is 0 Å². The lowest BCUT2D eigenvalue weighted by Crippen LogP contribution is -2.35. The second kappa shape index (κ2) is 8.16. The topological polar surface area (TPSA) is 61.6 Å². The Morgan fingerprint density at radius 3 is 2.70 bits per heavy atom. The number of carbonyl (C=O) groups is 1. The number of hydroxylamine groups is 2. The third-order valence-electron chi connectivity index (χ3n) is 5.50. The van der Waals surface area contributed by atoms with Gasteiger partial charge in [-0.25, -0.2) is 14.4 Å². The third-order valence-corrected chi connectivity index (χ3v) is 5.50. The Morgan fingerprint density at radius 2 is 2.00 bits per heavy atom. The van der Waals surface area contributed by atoms with Gasteiger partial charge in [0.05, 0.1) is 18.3 Å². The Morgan fingerprint density at radius 1 is 1.27 bits per heavy atom. The molecule has 3 aromatic rings. The van der Waals surface area contributed by atoms with Crippen LogP contribution in [-0.4, -0.2) is 50.8 Å². The zero-order valence-electron chi connectivity index (χ0n) is 17.6. The molecular formula is C23H27FN4O2. The van der Waals surface area contributed by atoms with E-state index >= 15 is 0 Å². The molecule has 3 heterocycles. The van der Waals surface area contributed by atoms with Crippen molar-refractivity contribution in [2.75, 3.05) is 20.1 Å². The van der Waals surface area contributed by atoms with Crippen LogP contribution in [0.5, 0.6) is 0 Å². The normalized spacial score (nSPS) is 14.2. The van der Waals surface area contributed by atoms with Gasteiger partial charge in [-0.1, -0.05) is 26.0 Å². The van der Waals surface area contributed by atoms with E-state index in [-0.39, 0.29) is 12.4 Å². The molecule has 1 aliphatic heterocycles. The molecule has 7 heteroatoms. The van der Waals surface area contributed by atoms with Crippen LogP contribution in [-0.2, 0) is 19.5 Å². The van der Waals surface area contributed by atoms with Gasteiger partial charge in [0.2, 0.25) is 0 Å². The molecule has 0 saturated carbocycles. The lowest BCUT2D eigenvalue weighted by molar-refractivity contribution is -0.0606. The molecule has 1 aliphatic rings. The van der Waals surface area contributed by atoms with Crippen molar-refractivity contribution in [3.05, 3.63) is 64.9 Å². The molecule has 0 bridgehead atoms. The van der Waals surface area contributed by atoms with Crippen molar-refractivity contribution >= 4 is 16.8 Å². The number of amides is 1. The second-order valence-corrected chi connectivity index (χ2v) is 8.52. The molecule has 1 aromatic carbocycles. The predicted octanol–water partition coefficient (Wildman–Crippen LogP) is 3.70. The standard InChI is InChI=1S/C23H27FN4O2/c1-15(2)11-26(3)13-17-14-27(12-16-4-6-18(24)7-5-16)20-10-25-22-19(21(17)20)8-9-28(30)23(22)29/h4-7,10,14-15,30H,8-9,11-13H2,1-3H3. The Balaban J connectivity index is 1.80. The van der Waals surface area contributed by atoms with Crippen molar-refractivity contribution in [2.24, 2.45) is 5.92 Å². The van der Waals surface area contributed by atoms with E-state index in [1.165, 1.54) is 12.1 Å². The zero-order chi connectivity index (χ0) is 21.4. The average Bonchev–Trinajstić information content (AvgIpc) is 3.03. The van der Waals surface area contributed by atoms with Crippen LogP contribution < -0.4 is 0 Å². The van der Waals surface area contributed by atoms with Crippen LogP contribution in [0.25, 0.3) is 10.9 Å². The fourth-order valence-corrected chi connectivity index (χ4v) is 4.32. The SMILES string of the molecule is CC(C)CN(C)Cc1cn(Cc2ccc(F)cc2)c2cnc3c(c12)CCN(O)C3=O. The van der Waals surface area contributed by atoms with E-state index < -0.39 is 5.91 Å². The molecule has 158 valence electrons. The van der Waals surface area contributed by atoms with Gasteiger partial charge in [0.15, 0.2) is 0 Å². The maximum atomic E-state index is 13.3. The summed E-state index contributed by atoms with van der Waals surface area (Å²) in [5, 5.41) is 11.6. The number of halogens is 1. The number of rotatable bonds is 6. The van der Waals surface area contributed by atoms with E-state index in [0.717, 1.165) is 45.7 Å². The minimum absolute atomic E-state index is 0.255. The second-order valence-electron chi connectivity index (χ2n) is 8.52. The van der Waals surface area contributed by atoms with Crippen LogP contribution in [0.3, 0.4) is 0 Å². The summed E-state index contributed by atoms with van der Waals surface area (Å²) in [4.78, 5) is 19.1. The minimum atomic E-state index is -0.453. The van der Waals surface area contributed by atoms with Crippen LogP contribution in [0.4, 0.5) is 4.39 Å². The van der Waals surface area contributed by atoms with Crippen LogP contribution in [0.15, 0.2) is 36.7 Å². The molecule has 0 atom stereocenters. The quantitative estimate of drug-likeness (QED) is 0.630. The van der Waals surface area contributed by atoms with Gasteiger partial charge in [0.1, 0.15) is 11.5 Å². The first-order valence-corrected chi connectivity index (χ1v) is 10.3. The summed E-state index contributed by atoms with van der Waals surface area (Å²) in [5.41, 5.74) is 4.29. The van der Waals surface area contributed by atoms with E-state index in [4.69, 9.17) is 0 Å². The number of carbonyl (C=O) groups excluding carboxylic acids is 1. The number of hydrogen-bond donors (Lipinski definition) is 1. The molecule has 0 fully saturated rings.